The third kappa shape index (κ3) is 4.64. The summed E-state index contributed by atoms with van der Waals surface area (Å²) in [5.41, 5.74) is -0.888. The maximum absolute atomic E-state index is 12.7. The van der Waals surface area contributed by atoms with Gasteiger partial charge < -0.3 is 19.8 Å². The summed E-state index contributed by atoms with van der Waals surface area (Å²) in [6, 6.07) is -0.558. The van der Waals surface area contributed by atoms with Gasteiger partial charge in [0.05, 0.1) is 19.2 Å². The first-order valence-electron chi connectivity index (χ1n) is 8.59. The Hall–Kier alpha value is -1.80. The summed E-state index contributed by atoms with van der Waals surface area (Å²) in [5.74, 6) is -0.0280. The van der Waals surface area contributed by atoms with Crippen molar-refractivity contribution in [2.75, 3.05) is 19.7 Å². The van der Waals surface area contributed by atoms with Crippen LogP contribution in [-0.4, -0.2) is 63.1 Å². The molecule has 140 valence electrons. The molecule has 0 aliphatic carbocycles. The summed E-state index contributed by atoms with van der Waals surface area (Å²) >= 11 is 0. The maximum Gasteiger partial charge on any atom is 0.240 e. The lowest BCUT2D eigenvalue weighted by molar-refractivity contribution is -0.130. The first-order chi connectivity index (χ1) is 11.5. The van der Waals surface area contributed by atoms with Crippen molar-refractivity contribution in [2.24, 2.45) is 0 Å². The second kappa shape index (κ2) is 7.21. The molecule has 0 bridgehead atoms. The Morgan fingerprint density at radius 2 is 2.00 bits per heavy atom. The van der Waals surface area contributed by atoms with Crippen molar-refractivity contribution in [3.8, 4) is 0 Å². The van der Waals surface area contributed by atoms with Gasteiger partial charge in [-0.25, -0.2) is 0 Å². The van der Waals surface area contributed by atoms with Crippen LogP contribution in [0.2, 0.25) is 0 Å². The van der Waals surface area contributed by atoms with Crippen LogP contribution in [0.1, 0.15) is 64.0 Å². The average Bonchev–Trinajstić information content (AvgIpc) is 3.20. The van der Waals surface area contributed by atoms with Gasteiger partial charge in [-0.1, -0.05) is 25.9 Å². The molecule has 8 nitrogen and oxygen atoms in total. The first-order valence-corrected chi connectivity index (χ1v) is 8.59. The molecule has 1 aromatic rings. The van der Waals surface area contributed by atoms with Crippen molar-refractivity contribution < 1.29 is 19.2 Å². The number of carbonyl (C=O) groups excluding carboxylic acids is 2. The fourth-order valence-electron chi connectivity index (χ4n) is 2.59. The largest absolute Gasteiger partial charge is 0.394 e. The van der Waals surface area contributed by atoms with E-state index >= 15 is 0 Å². The highest BCUT2D eigenvalue weighted by Gasteiger charge is 2.37. The third-order valence-electron chi connectivity index (χ3n) is 4.28. The Kier molecular flexibility index (Phi) is 5.63. The number of nitrogens with zero attached hydrogens (tertiary/aromatic N) is 3. The molecule has 2 heterocycles. The Labute approximate surface area is 148 Å². The number of carbonyl (C=O) groups is 2. The van der Waals surface area contributed by atoms with E-state index in [0.29, 0.717) is 18.9 Å². The minimum Gasteiger partial charge on any atom is -0.394 e. The molecule has 0 saturated carbocycles. The van der Waals surface area contributed by atoms with Crippen LogP contribution in [-0.2, 0) is 10.2 Å². The van der Waals surface area contributed by atoms with Crippen molar-refractivity contribution in [2.45, 2.75) is 64.5 Å². The van der Waals surface area contributed by atoms with Crippen LogP contribution in [0.5, 0.6) is 0 Å². The number of aromatic nitrogens is 2. The highest BCUT2D eigenvalue weighted by molar-refractivity contribution is 5.99. The summed E-state index contributed by atoms with van der Waals surface area (Å²) in [7, 11) is 0. The smallest absolute Gasteiger partial charge is 0.240 e. The van der Waals surface area contributed by atoms with Gasteiger partial charge in [0, 0.05) is 17.5 Å². The minimum atomic E-state index is -0.558. The third-order valence-corrected chi connectivity index (χ3v) is 4.28. The van der Waals surface area contributed by atoms with Gasteiger partial charge in [0.25, 0.3) is 0 Å². The number of nitrogens with one attached hydrogen (secondary N) is 1. The molecule has 1 saturated heterocycles. The second-order valence-electron chi connectivity index (χ2n) is 8.18. The van der Waals surface area contributed by atoms with Crippen molar-refractivity contribution in [1.29, 1.82) is 0 Å². The topological polar surface area (TPSA) is 109 Å². The maximum atomic E-state index is 12.7. The molecule has 0 spiro atoms. The van der Waals surface area contributed by atoms with E-state index < -0.39 is 11.6 Å². The molecular formula is C17H28N4O4. The Morgan fingerprint density at radius 1 is 1.32 bits per heavy atom. The predicted octanol–water partition coefficient (Wildman–Crippen LogP) is 0.901. The van der Waals surface area contributed by atoms with Crippen LogP contribution in [0.25, 0.3) is 0 Å². The summed E-state index contributed by atoms with van der Waals surface area (Å²) in [5, 5.41) is 16.1. The number of Topliss-reactive ketones (excluding diaryl/α,β-unsaturated/α-hetero) is 1. The van der Waals surface area contributed by atoms with Gasteiger partial charge in [-0.2, -0.15) is 4.98 Å². The number of ketones is 1. The predicted molar refractivity (Wildman–Crippen MR) is 91.2 cm³/mol. The lowest BCUT2D eigenvalue weighted by Crippen LogP contribution is -2.50. The first kappa shape index (κ1) is 19.5. The van der Waals surface area contributed by atoms with E-state index in [9.17, 15) is 14.7 Å². The molecule has 2 N–H and O–H groups in total. The lowest BCUT2D eigenvalue weighted by Gasteiger charge is -2.27. The highest BCUT2D eigenvalue weighted by atomic mass is 16.5. The summed E-state index contributed by atoms with van der Waals surface area (Å²) in [6.45, 7) is 9.90. The molecule has 8 heteroatoms. The fourth-order valence-corrected chi connectivity index (χ4v) is 2.59. The molecule has 1 aromatic heterocycles. The van der Waals surface area contributed by atoms with E-state index in [2.05, 4.69) is 15.5 Å². The van der Waals surface area contributed by atoms with Gasteiger partial charge in [0.2, 0.25) is 23.4 Å². The van der Waals surface area contributed by atoms with Crippen molar-refractivity contribution >= 4 is 11.7 Å². The molecule has 1 amide bonds. The van der Waals surface area contributed by atoms with Crippen LogP contribution >= 0.6 is 0 Å². The molecule has 1 fully saturated rings. The summed E-state index contributed by atoms with van der Waals surface area (Å²) in [6.07, 6.45) is 1.35. The molecule has 0 aromatic carbocycles. The van der Waals surface area contributed by atoms with Crippen LogP contribution in [0.4, 0.5) is 0 Å². The Morgan fingerprint density at radius 3 is 2.56 bits per heavy atom. The zero-order valence-electron chi connectivity index (χ0n) is 15.6. The van der Waals surface area contributed by atoms with Gasteiger partial charge >= 0.3 is 0 Å². The normalized spacial score (nSPS) is 18.6. The van der Waals surface area contributed by atoms with Gasteiger partial charge in [-0.15, -0.1) is 0 Å². The number of aliphatic hydroxyl groups excluding tert-OH is 1. The molecule has 1 aliphatic heterocycles. The molecule has 2 rings (SSSR count). The number of rotatable bonds is 6. The quantitative estimate of drug-likeness (QED) is 0.732. The van der Waals surface area contributed by atoms with Gasteiger partial charge in [0.15, 0.2) is 0 Å². The fraction of sp³-hybridized carbons (Fsp3) is 0.765. The number of aliphatic hydroxyl groups is 1. The molecule has 1 atom stereocenters. The molecule has 1 aliphatic rings. The Bertz CT molecular complexity index is 633. The van der Waals surface area contributed by atoms with E-state index in [0.717, 1.165) is 6.42 Å². The van der Waals surface area contributed by atoms with E-state index in [4.69, 9.17) is 4.52 Å². The summed E-state index contributed by atoms with van der Waals surface area (Å²) in [4.78, 5) is 31.0. The zero-order chi connectivity index (χ0) is 18.8. The van der Waals surface area contributed by atoms with Crippen LogP contribution < -0.4 is 5.32 Å². The van der Waals surface area contributed by atoms with Crippen molar-refractivity contribution in [3.63, 3.8) is 0 Å². The van der Waals surface area contributed by atoms with Crippen molar-refractivity contribution in [1.82, 2.24) is 20.4 Å². The average molecular weight is 352 g/mol. The number of likely N-dealkylation sites (tertiary alicyclic amines) is 1. The lowest BCUT2D eigenvalue weighted by atomic mass is 9.97. The highest BCUT2D eigenvalue weighted by Crippen LogP contribution is 2.23. The number of hydrogen-bond acceptors (Lipinski definition) is 7. The van der Waals surface area contributed by atoms with Crippen LogP contribution in [0, 0.1) is 0 Å². The van der Waals surface area contributed by atoms with E-state index in [1.165, 1.54) is 0 Å². The monoisotopic (exact) mass is 352 g/mol. The molecular weight excluding hydrogens is 324 g/mol. The van der Waals surface area contributed by atoms with Crippen molar-refractivity contribution in [3.05, 3.63) is 11.7 Å². The number of hydrogen-bond donors (Lipinski definition) is 2. The summed E-state index contributed by atoms with van der Waals surface area (Å²) < 4.78 is 5.19. The van der Waals surface area contributed by atoms with Gasteiger partial charge in [0.1, 0.15) is 0 Å². The van der Waals surface area contributed by atoms with Crippen LogP contribution in [0.15, 0.2) is 4.52 Å². The second-order valence-corrected chi connectivity index (χ2v) is 8.18. The molecule has 0 radical (unpaired) electrons. The van der Waals surface area contributed by atoms with E-state index in [1.54, 1.807) is 18.7 Å². The van der Waals surface area contributed by atoms with Crippen LogP contribution in [0.3, 0.4) is 0 Å². The van der Waals surface area contributed by atoms with E-state index in [1.807, 2.05) is 20.8 Å². The van der Waals surface area contributed by atoms with Gasteiger partial charge in [-0.05, 0) is 26.7 Å². The zero-order valence-corrected chi connectivity index (χ0v) is 15.6. The standard InChI is InChI=1S/C17H28N4O4/c1-16(2,3)15-19-14(20-25-15)13(24)11-7-6-8-21(11)12(23)9-18-17(4,5)10-22/h11,18,22H,6-10H2,1-5H3/t11-/m0/s1. The van der Waals surface area contributed by atoms with Gasteiger partial charge in [-0.3, -0.25) is 9.59 Å². The number of amides is 1. The minimum absolute atomic E-state index is 0.0262. The molecule has 25 heavy (non-hydrogen) atoms. The van der Waals surface area contributed by atoms with E-state index in [-0.39, 0.29) is 36.1 Å². The SMILES string of the molecule is CC(C)(CO)NCC(=O)N1CCC[C@H]1C(=O)c1noc(C(C)(C)C)n1. The molecule has 0 unspecified atom stereocenters. The Balaban J connectivity index is 2.06.